The quantitative estimate of drug-likeness (QED) is 0.730. The van der Waals surface area contributed by atoms with Gasteiger partial charge in [-0.3, -0.25) is 9.36 Å². The number of nitrogens with one attached hydrogen (secondary N) is 1. The van der Waals surface area contributed by atoms with E-state index in [1.807, 2.05) is 12.1 Å². The van der Waals surface area contributed by atoms with Crippen LogP contribution in [0.2, 0.25) is 5.02 Å². The Kier molecular flexibility index (Phi) is 6.85. The monoisotopic (exact) mass is 359 g/mol. The summed E-state index contributed by atoms with van der Waals surface area (Å²) in [4.78, 5) is 16.6. The van der Waals surface area contributed by atoms with Crippen LogP contribution >= 0.6 is 23.4 Å². The summed E-state index contributed by atoms with van der Waals surface area (Å²) in [6, 6.07) is 7.40. The molecule has 0 unspecified atom stereocenters. The van der Waals surface area contributed by atoms with Crippen LogP contribution in [0.5, 0.6) is 0 Å². The van der Waals surface area contributed by atoms with E-state index in [0.717, 1.165) is 9.46 Å². The number of alkyl halides is 2. The topological polar surface area (TPSA) is 46.9 Å². The maximum atomic E-state index is 12.6. The van der Waals surface area contributed by atoms with Gasteiger partial charge < -0.3 is 5.32 Å². The molecule has 0 bridgehead atoms. The summed E-state index contributed by atoms with van der Waals surface area (Å²) in [5.74, 6) is 0.788. The number of hydrogen-bond acceptors (Lipinski definition) is 3. The Morgan fingerprint density at radius 1 is 1.35 bits per heavy atom. The highest BCUT2D eigenvalue weighted by Crippen LogP contribution is 2.20. The number of carbonyl (C=O) groups is 1. The molecule has 0 atom stereocenters. The predicted octanol–water partition coefficient (Wildman–Crippen LogP) is 3.77. The fourth-order valence-electron chi connectivity index (χ4n) is 1.91. The lowest BCUT2D eigenvalue weighted by Crippen LogP contribution is -2.26. The molecular formula is C15H16ClF2N3OS. The zero-order valence-corrected chi connectivity index (χ0v) is 13.8. The minimum atomic E-state index is -2.61. The molecule has 1 N–H and O–H groups in total. The van der Waals surface area contributed by atoms with Crippen LogP contribution in [-0.2, 0) is 11.2 Å². The molecule has 1 aromatic heterocycles. The number of amides is 1. The fourth-order valence-corrected chi connectivity index (χ4v) is 2.89. The number of imidazole rings is 1. The molecule has 2 rings (SSSR count). The average molecular weight is 360 g/mol. The van der Waals surface area contributed by atoms with Crippen molar-refractivity contribution in [2.45, 2.75) is 24.3 Å². The molecule has 0 aliphatic rings. The van der Waals surface area contributed by atoms with E-state index in [1.54, 1.807) is 23.9 Å². The van der Waals surface area contributed by atoms with Gasteiger partial charge in [-0.25, -0.2) is 4.98 Å². The van der Waals surface area contributed by atoms with Gasteiger partial charge in [0, 0.05) is 47.5 Å². The minimum absolute atomic E-state index is 0.110. The van der Waals surface area contributed by atoms with E-state index >= 15 is 0 Å². The van der Waals surface area contributed by atoms with E-state index in [0.29, 0.717) is 17.2 Å². The van der Waals surface area contributed by atoms with Gasteiger partial charge in [-0.2, -0.15) is 8.78 Å². The molecule has 0 aliphatic carbocycles. The largest absolute Gasteiger partial charge is 0.356 e. The number of thioether (sulfide) groups is 1. The number of aromatic nitrogens is 2. The van der Waals surface area contributed by atoms with Crippen molar-refractivity contribution in [1.29, 1.82) is 0 Å². The standard InChI is InChI=1S/C15H16ClF2N3OS/c16-11-1-3-12(4-2-11)23-10-6-14(22)20-7-5-13-19-8-9-21(13)15(17)18/h1-4,8-9,15H,5-7,10H2,(H,20,22). The third-order valence-electron chi connectivity index (χ3n) is 3.04. The molecular weight excluding hydrogens is 344 g/mol. The lowest BCUT2D eigenvalue weighted by Gasteiger charge is -2.07. The summed E-state index contributed by atoms with van der Waals surface area (Å²) in [5, 5.41) is 3.39. The van der Waals surface area contributed by atoms with Gasteiger partial charge in [0.05, 0.1) is 0 Å². The minimum Gasteiger partial charge on any atom is -0.356 e. The molecule has 1 amide bonds. The van der Waals surface area contributed by atoms with Gasteiger partial charge >= 0.3 is 6.55 Å². The first kappa shape index (κ1) is 17.7. The van der Waals surface area contributed by atoms with Gasteiger partial charge in [0.2, 0.25) is 5.91 Å². The molecule has 2 aromatic rings. The fraction of sp³-hybridized carbons (Fsp3) is 0.333. The Labute approximate surface area is 142 Å². The Morgan fingerprint density at radius 3 is 2.78 bits per heavy atom. The smallest absolute Gasteiger partial charge is 0.319 e. The average Bonchev–Trinajstić information content (AvgIpc) is 2.98. The third-order valence-corrected chi connectivity index (χ3v) is 4.31. The highest BCUT2D eigenvalue weighted by molar-refractivity contribution is 7.99. The van der Waals surface area contributed by atoms with Crippen LogP contribution in [0, 0.1) is 0 Å². The van der Waals surface area contributed by atoms with Gasteiger partial charge in [-0.1, -0.05) is 11.6 Å². The molecule has 8 heteroatoms. The predicted molar refractivity (Wildman–Crippen MR) is 87.0 cm³/mol. The van der Waals surface area contributed by atoms with E-state index in [4.69, 9.17) is 11.6 Å². The van der Waals surface area contributed by atoms with Gasteiger partial charge in [0.1, 0.15) is 5.82 Å². The summed E-state index contributed by atoms with van der Waals surface area (Å²) in [7, 11) is 0. The number of hydrogen-bond donors (Lipinski definition) is 1. The van der Waals surface area contributed by atoms with Crippen LogP contribution in [0.15, 0.2) is 41.6 Å². The number of halogens is 3. The van der Waals surface area contributed by atoms with Crippen LogP contribution in [0.3, 0.4) is 0 Å². The first-order valence-corrected chi connectivity index (χ1v) is 8.37. The second-order valence-corrected chi connectivity index (χ2v) is 6.29. The molecule has 0 fully saturated rings. The molecule has 0 aliphatic heterocycles. The lowest BCUT2D eigenvalue weighted by atomic mass is 10.3. The second kappa shape index (κ2) is 8.88. The molecule has 0 saturated carbocycles. The Bertz CT molecular complexity index is 634. The SMILES string of the molecule is O=C(CCSc1ccc(Cl)cc1)NCCc1nccn1C(F)F. The van der Waals surface area contributed by atoms with Crippen molar-refractivity contribution in [2.75, 3.05) is 12.3 Å². The van der Waals surface area contributed by atoms with Crippen molar-refractivity contribution in [2.24, 2.45) is 0 Å². The highest BCUT2D eigenvalue weighted by Gasteiger charge is 2.11. The number of carbonyl (C=O) groups excluding carboxylic acids is 1. The van der Waals surface area contributed by atoms with Gasteiger partial charge in [-0.05, 0) is 24.3 Å². The summed E-state index contributed by atoms with van der Waals surface area (Å²) in [6.07, 6.45) is 3.18. The molecule has 23 heavy (non-hydrogen) atoms. The van der Waals surface area contributed by atoms with Crippen LogP contribution < -0.4 is 5.32 Å². The Morgan fingerprint density at radius 2 is 2.09 bits per heavy atom. The van der Waals surface area contributed by atoms with E-state index in [1.165, 1.54) is 12.4 Å². The zero-order valence-electron chi connectivity index (χ0n) is 12.2. The zero-order chi connectivity index (χ0) is 16.7. The number of benzene rings is 1. The van der Waals surface area contributed by atoms with Crippen molar-refractivity contribution in [3.8, 4) is 0 Å². The third kappa shape index (κ3) is 5.84. The Balaban J connectivity index is 1.65. The summed E-state index contributed by atoms with van der Waals surface area (Å²) < 4.78 is 26.0. The summed E-state index contributed by atoms with van der Waals surface area (Å²) in [6.45, 7) is -2.33. The van der Waals surface area contributed by atoms with E-state index in [2.05, 4.69) is 10.3 Å². The van der Waals surface area contributed by atoms with E-state index in [-0.39, 0.29) is 24.7 Å². The molecule has 1 heterocycles. The second-order valence-electron chi connectivity index (χ2n) is 4.68. The first-order chi connectivity index (χ1) is 11.1. The van der Waals surface area contributed by atoms with Gasteiger partial charge in [-0.15, -0.1) is 11.8 Å². The van der Waals surface area contributed by atoms with Gasteiger partial charge in [0.15, 0.2) is 0 Å². The molecule has 0 radical (unpaired) electrons. The maximum Gasteiger partial charge on any atom is 0.319 e. The lowest BCUT2D eigenvalue weighted by molar-refractivity contribution is -0.120. The molecule has 0 spiro atoms. The summed E-state index contributed by atoms with van der Waals surface area (Å²) >= 11 is 7.36. The molecule has 4 nitrogen and oxygen atoms in total. The van der Waals surface area contributed by atoms with E-state index in [9.17, 15) is 13.6 Å². The summed E-state index contributed by atoms with van der Waals surface area (Å²) in [5.41, 5.74) is 0. The number of nitrogens with zero attached hydrogens (tertiary/aromatic N) is 2. The molecule has 0 saturated heterocycles. The van der Waals surface area contributed by atoms with Crippen molar-refractivity contribution < 1.29 is 13.6 Å². The Hall–Kier alpha value is -1.60. The molecule has 124 valence electrons. The van der Waals surface area contributed by atoms with Crippen molar-refractivity contribution in [1.82, 2.24) is 14.9 Å². The van der Waals surface area contributed by atoms with Crippen molar-refractivity contribution in [3.05, 3.63) is 47.5 Å². The van der Waals surface area contributed by atoms with Crippen LogP contribution in [0.25, 0.3) is 0 Å². The highest BCUT2D eigenvalue weighted by atomic mass is 35.5. The van der Waals surface area contributed by atoms with Crippen molar-refractivity contribution in [3.63, 3.8) is 0 Å². The van der Waals surface area contributed by atoms with Crippen LogP contribution in [-0.4, -0.2) is 27.8 Å². The van der Waals surface area contributed by atoms with E-state index < -0.39 is 6.55 Å². The van der Waals surface area contributed by atoms with Crippen molar-refractivity contribution >= 4 is 29.3 Å². The molecule has 1 aromatic carbocycles. The van der Waals surface area contributed by atoms with Crippen LogP contribution in [0.1, 0.15) is 18.8 Å². The first-order valence-electron chi connectivity index (χ1n) is 7.01. The number of rotatable bonds is 8. The van der Waals surface area contributed by atoms with Crippen LogP contribution in [0.4, 0.5) is 8.78 Å². The maximum absolute atomic E-state index is 12.6. The normalized spacial score (nSPS) is 11.0. The van der Waals surface area contributed by atoms with Gasteiger partial charge in [0.25, 0.3) is 0 Å².